The van der Waals surface area contributed by atoms with Crippen molar-refractivity contribution < 1.29 is 9.53 Å². The lowest BCUT2D eigenvalue weighted by Gasteiger charge is -2.32. The van der Waals surface area contributed by atoms with Crippen LogP contribution in [0.15, 0.2) is 9.59 Å². The van der Waals surface area contributed by atoms with Gasteiger partial charge in [0, 0.05) is 52.5 Å². The van der Waals surface area contributed by atoms with Gasteiger partial charge in [-0.25, -0.2) is 4.79 Å². The monoisotopic (exact) mass is 429 g/mol. The number of carbonyl (C=O) groups excluding carboxylic acids is 1. The molecule has 2 aliphatic carbocycles. The quantitative estimate of drug-likeness (QED) is 0.717. The van der Waals surface area contributed by atoms with E-state index >= 15 is 0 Å². The molecule has 2 aromatic heterocycles. The fourth-order valence-electron chi connectivity index (χ4n) is 5.07. The molecule has 1 aliphatic heterocycles. The second-order valence-corrected chi connectivity index (χ2v) is 9.45. The van der Waals surface area contributed by atoms with Crippen LogP contribution in [0.1, 0.15) is 51.4 Å². The smallest absolute Gasteiger partial charge is 0.332 e. The normalized spacial score (nSPS) is 20.6. The van der Waals surface area contributed by atoms with E-state index in [1.54, 1.807) is 7.05 Å². The number of ether oxygens (including phenoxy) is 1. The Balaban J connectivity index is 1.44. The Morgan fingerprint density at radius 2 is 1.68 bits per heavy atom. The minimum Gasteiger partial charge on any atom is -0.461 e. The molecule has 1 saturated heterocycles. The van der Waals surface area contributed by atoms with E-state index in [2.05, 4.69) is 4.98 Å². The fourth-order valence-corrected chi connectivity index (χ4v) is 5.07. The van der Waals surface area contributed by atoms with Gasteiger partial charge in [-0.2, -0.15) is 4.98 Å². The topological polar surface area (TPSA) is 91.4 Å². The van der Waals surface area contributed by atoms with Crippen LogP contribution in [-0.4, -0.2) is 48.7 Å². The van der Waals surface area contributed by atoms with E-state index in [0.717, 1.165) is 43.1 Å². The summed E-state index contributed by atoms with van der Waals surface area (Å²) in [4.78, 5) is 44.3. The number of nitrogens with zero attached hydrogens (tertiary/aromatic N) is 5. The van der Waals surface area contributed by atoms with Crippen LogP contribution in [0.4, 0.5) is 0 Å². The number of aromatic nitrogens is 4. The standard InChI is InChI=1S/C22H31N5O4/c1-24-18-17(20(29)25(2)22(24)30)27(13-14-5-3-4-6-14)21(23-18)31-16-9-11-26(12-10-16)19(28)15-7-8-15/h14-16H,3-13H2,1-2H3. The summed E-state index contributed by atoms with van der Waals surface area (Å²) in [5.41, 5.74) is 0.0973. The Kier molecular flexibility index (Phi) is 5.14. The van der Waals surface area contributed by atoms with E-state index < -0.39 is 0 Å². The Labute approximate surface area is 180 Å². The highest BCUT2D eigenvalue weighted by atomic mass is 16.5. The summed E-state index contributed by atoms with van der Waals surface area (Å²) < 4.78 is 10.8. The summed E-state index contributed by atoms with van der Waals surface area (Å²) >= 11 is 0. The first kappa shape index (κ1) is 20.3. The minimum absolute atomic E-state index is 0.0525. The molecule has 2 saturated carbocycles. The van der Waals surface area contributed by atoms with Crippen molar-refractivity contribution in [2.75, 3.05) is 13.1 Å². The molecule has 0 N–H and O–H groups in total. The van der Waals surface area contributed by atoms with Crippen molar-refractivity contribution in [1.82, 2.24) is 23.6 Å². The highest BCUT2D eigenvalue weighted by Gasteiger charge is 2.35. The zero-order chi connectivity index (χ0) is 21.7. The number of hydrogen-bond donors (Lipinski definition) is 0. The molecule has 0 atom stereocenters. The van der Waals surface area contributed by atoms with Gasteiger partial charge in [-0.15, -0.1) is 0 Å². The van der Waals surface area contributed by atoms with Crippen LogP contribution in [0.3, 0.4) is 0 Å². The molecule has 9 nitrogen and oxygen atoms in total. The maximum Gasteiger partial charge on any atom is 0.332 e. The van der Waals surface area contributed by atoms with Gasteiger partial charge in [-0.05, 0) is 31.6 Å². The predicted octanol–water partition coefficient (Wildman–Crippen LogP) is 1.40. The number of carbonyl (C=O) groups is 1. The number of likely N-dealkylation sites (tertiary alicyclic amines) is 1. The SMILES string of the molecule is Cn1c(=O)c2c(nc(OC3CCN(C(=O)C4CC4)CC3)n2CC2CCCC2)n(C)c1=O. The zero-order valence-corrected chi connectivity index (χ0v) is 18.4. The molecule has 2 aromatic rings. The van der Waals surface area contributed by atoms with Crippen molar-refractivity contribution in [1.29, 1.82) is 0 Å². The lowest BCUT2D eigenvalue weighted by molar-refractivity contribution is -0.134. The van der Waals surface area contributed by atoms with Crippen molar-refractivity contribution in [3.05, 3.63) is 20.8 Å². The van der Waals surface area contributed by atoms with Crippen molar-refractivity contribution in [3.63, 3.8) is 0 Å². The third-order valence-corrected chi connectivity index (χ3v) is 7.18. The van der Waals surface area contributed by atoms with Crippen LogP contribution in [0, 0.1) is 11.8 Å². The van der Waals surface area contributed by atoms with Crippen LogP contribution in [-0.2, 0) is 25.4 Å². The van der Waals surface area contributed by atoms with Gasteiger partial charge < -0.3 is 9.64 Å². The maximum atomic E-state index is 13.0. The average molecular weight is 430 g/mol. The van der Waals surface area contributed by atoms with Crippen LogP contribution < -0.4 is 16.0 Å². The van der Waals surface area contributed by atoms with E-state index in [9.17, 15) is 14.4 Å². The number of fused-ring (bicyclic) bond motifs is 1. The van der Waals surface area contributed by atoms with E-state index in [1.165, 1.54) is 24.5 Å². The molecule has 31 heavy (non-hydrogen) atoms. The third kappa shape index (κ3) is 3.68. The molecule has 168 valence electrons. The molecule has 0 radical (unpaired) electrons. The highest BCUT2D eigenvalue weighted by molar-refractivity contribution is 5.81. The number of imidazole rings is 1. The first-order chi connectivity index (χ1) is 14.9. The Morgan fingerprint density at radius 1 is 1.00 bits per heavy atom. The largest absolute Gasteiger partial charge is 0.461 e. The van der Waals surface area contributed by atoms with Gasteiger partial charge in [0.25, 0.3) is 11.6 Å². The van der Waals surface area contributed by atoms with E-state index in [1.807, 2.05) is 9.47 Å². The fraction of sp³-hybridized carbons (Fsp3) is 0.727. The van der Waals surface area contributed by atoms with E-state index in [0.29, 0.717) is 42.7 Å². The summed E-state index contributed by atoms with van der Waals surface area (Å²) in [5, 5.41) is 0. The molecule has 0 spiro atoms. The Morgan fingerprint density at radius 3 is 2.32 bits per heavy atom. The molecule has 0 bridgehead atoms. The average Bonchev–Trinajstić information content (AvgIpc) is 3.39. The van der Waals surface area contributed by atoms with Crippen molar-refractivity contribution in [3.8, 4) is 6.01 Å². The van der Waals surface area contributed by atoms with Gasteiger partial charge in [0.05, 0.1) is 0 Å². The molecule has 0 aromatic carbocycles. The molecule has 1 amide bonds. The van der Waals surface area contributed by atoms with Crippen LogP contribution in [0.25, 0.3) is 11.2 Å². The number of aryl methyl sites for hydroxylation is 1. The maximum absolute atomic E-state index is 13.0. The molecule has 9 heteroatoms. The van der Waals surface area contributed by atoms with E-state index in [-0.39, 0.29) is 29.2 Å². The lowest BCUT2D eigenvalue weighted by Crippen LogP contribution is -2.42. The highest BCUT2D eigenvalue weighted by Crippen LogP contribution is 2.33. The van der Waals surface area contributed by atoms with Crippen molar-refractivity contribution in [2.45, 2.75) is 64.0 Å². The summed E-state index contributed by atoms with van der Waals surface area (Å²) in [6, 6.07) is 0.423. The summed E-state index contributed by atoms with van der Waals surface area (Å²) in [5.74, 6) is 1.01. The van der Waals surface area contributed by atoms with Crippen LogP contribution >= 0.6 is 0 Å². The number of rotatable bonds is 5. The summed E-state index contributed by atoms with van der Waals surface area (Å²) in [6.45, 7) is 2.07. The molecule has 5 rings (SSSR count). The zero-order valence-electron chi connectivity index (χ0n) is 18.4. The third-order valence-electron chi connectivity index (χ3n) is 7.18. The van der Waals surface area contributed by atoms with Crippen molar-refractivity contribution in [2.24, 2.45) is 25.9 Å². The van der Waals surface area contributed by atoms with Gasteiger partial charge >= 0.3 is 5.69 Å². The minimum atomic E-state index is -0.388. The molecule has 3 heterocycles. The molecular formula is C22H31N5O4. The summed E-state index contributed by atoms with van der Waals surface area (Å²) in [7, 11) is 3.15. The van der Waals surface area contributed by atoms with E-state index in [4.69, 9.17) is 4.74 Å². The first-order valence-electron chi connectivity index (χ1n) is 11.6. The van der Waals surface area contributed by atoms with Gasteiger partial charge in [0.1, 0.15) is 6.10 Å². The van der Waals surface area contributed by atoms with Crippen molar-refractivity contribution >= 4 is 17.1 Å². The predicted molar refractivity (Wildman–Crippen MR) is 115 cm³/mol. The Hall–Kier alpha value is -2.58. The summed E-state index contributed by atoms with van der Waals surface area (Å²) in [6.07, 6.45) is 8.17. The molecule has 0 unspecified atom stereocenters. The molecule has 3 aliphatic rings. The lowest BCUT2D eigenvalue weighted by atomic mass is 10.1. The van der Waals surface area contributed by atoms with Gasteiger partial charge in [-0.1, -0.05) is 12.8 Å². The number of piperidine rings is 1. The van der Waals surface area contributed by atoms with Gasteiger partial charge in [0.15, 0.2) is 11.2 Å². The second kappa shape index (κ2) is 7.84. The Bertz CT molecular complexity index is 1110. The molecule has 3 fully saturated rings. The van der Waals surface area contributed by atoms with Gasteiger partial charge in [0.2, 0.25) is 5.91 Å². The van der Waals surface area contributed by atoms with Crippen LogP contribution in [0.5, 0.6) is 6.01 Å². The number of amides is 1. The molecular weight excluding hydrogens is 398 g/mol. The number of hydrogen-bond acceptors (Lipinski definition) is 5. The van der Waals surface area contributed by atoms with Crippen LogP contribution in [0.2, 0.25) is 0 Å². The first-order valence-corrected chi connectivity index (χ1v) is 11.6. The second-order valence-electron chi connectivity index (χ2n) is 9.45. The van der Waals surface area contributed by atoms with Gasteiger partial charge in [-0.3, -0.25) is 23.3 Å².